The van der Waals surface area contributed by atoms with Crippen LogP contribution in [0.5, 0.6) is 0 Å². The quantitative estimate of drug-likeness (QED) is 0.168. The maximum atomic E-state index is 13.8. The van der Waals surface area contributed by atoms with E-state index in [-0.39, 0.29) is 27.9 Å². The van der Waals surface area contributed by atoms with Crippen molar-refractivity contribution in [1.29, 1.82) is 0 Å². The highest BCUT2D eigenvalue weighted by Crippen LogP contribution is 2.43. The third kappa shape index (κ3) is 5.28. The van der Waals surface area contributed by atoms with Crippen molar-refractivity contribution < 1.29 is 34.0 Å². The highest BCUT2D eigenvalue weighted by atomic mass is 127. The molecule has 2 aromatic carbocycles. The number of nitrogens with zero attached hydrogens (tertiary/aromatic N) is 1. The number of H-pyrrole nitrogens is 1. The monoisotopic (exact) mass is 636 g/mol. The molecule has 11 nitrogen and oxygen atoms in total. The Hall–Kier alpha value is -3.01. The molecule has 0 radical (unpaired) electrons. The zero-order valence-corrected chi connectivity index (χ0v) is 22.3. The molecule has 1 aliphatic rings. The summed E-state index contributed by atoms with van der Waals surface area (Å²) in [6.45, 7) is -0.0785. The number of carbonyl (C=O) groups is 2. The van der Waals surface area contributed by atoms with E-state index in [2.05, 4.69) is 4.98 Å². The maximum Gasteiger partial charge on any atom is 0.330 e. The van der Waals surface area contributed by atoms with Gasteiger partial charge in [-0.2, -0.15) is 0 Å². The van der Waals surface area contributed by atoms with Crippen LogP contribution in [0.15, 0.2) is 76.4 Å². The molecule has 1 fully saturated rings. The van der Waals surface area contributed by atoms with Gasteiger partial charge in [0.1, 0.15) is 12.2 Å². The van der Waals surface area contributed by atoms with E-state index in [0.717, 1.165) is 4.57 Å². The Bertz CT molecular complexity index is 1410. The summed E-state index contributed by atoms with van der Waals surface area (Å²) in [6, 6.07) is 15.7. The zero-order chi connectivity index (χ0) is 27.4. The Morgan fingerprint density at radius 2 is 1.74 bits per heavy atom. The average Bonchev–Trinajstić information content (AvgIpc) is 3.23. The molecule has 3 aromatic rings. The van der Waals surface area contributed by atoms with Crippen molar-refractivity contribution >= 4 is 34.2 Å². The molecule has 0 bridgehead atoms. The minimum Gasteiger partial charge on any atom is -0.382 e. The molecule has 2 heterocycles. The Labute approximate surface area is 230 Å². The molecule has 4 rings (SSSR count). The van der Waals surface area contributed by atoms with E-state index < -0.39 is 53.0 Å². The first-order valence-corrected chi connectivity index (χ1v) is 12.6. The number of carbonyl (C=O) groups excluding carboxylic acids is 2. The van der Waals surface area contributed by atoms with Crippen LogP contribution >= 0.6 is 22.6 Å². The standard InChI is InChI=1S/C26H25IN2O9/c1-36-12-13-37-22-24(29-14-17(27)23(33)28-25(29)34)38-21(19(31)18(30)15-8-4-2-5-9-15)26(22,35)20(32)16-10-6-3-7-11-16/h2-11,14,18,21-22,24,30,35H,12-13H2,1H3,(H,28,33,34)/t18?,21-,22+,24-,26-/m1/s1. The Morgan fingerprint density at radius 3 is 2.37 bits per heavy atom. The van der Waals surface area contributed by atoms with Crippen LogP contribution in [0, 0.1) is 3.57 Å². The number of benzene rings is 2. The lowest BCUT2D eigenvalue weighted by Gasteiger charge is -2.32. The normalized spacial score (nSPS) is 23.7. The van der Waals surface area contributed by atoms with E-state index in [4.69, 9.17) is 14.2 Å². The van der Waals surface area contributed by atoms with Gasteiger partial charge in [-0.05, 0) is 28.2 Å². The summed E-state index contributed by atoms with van der Waals surface area (Å²) in [5.74, 6) is -1.92. The van der Waals surface area contributed by atoms with Gasteiger partial charge in [0.05, 0.1) is 16.8 Å². The lowest BCUT2D eigenvalue weighted by atomic mass is 9.80. The molecular formula is C26H25IN2O9. The molecule has 5 atom stereocenters. The molecule has 1 saturated heterocycles. The van der Waals surface area contributed by atoms with E-state index in [9.17, 15) is 29.4 Å². The number of aliphatic hydroxyl groups is 2. The van der Waals surface area contributed by atoms with Gasteiger partial charge in [0, 0.05) is 18.9 Å². The third-order valence-corrected chi connectivity index (χ3v) is 6.96. The summed E-state index contributed by atoms with van der Waals surface area (Å²) in [6.07, 6.45) is -5.67. The third-order valence-electron chi connectivity index (χ3n) is 6.19. The average molecular weight is 636 g/mol. The Balaban J connectivity index is 1.87. The van der Waals surface area contributed by atoms with Gasteiger partial charge in [-0.25, -0.2) is 4.79 Å². The number of rotatable bonds is 10. The summed E-state index contributed by atoms with van der Waals surface area (Å²) >= 11 is 1.71. The minimum absolute atomic E-state index is 0.0509. The summed E-state index contributed by atoms with van der Waals surface area (Å²) in [4.78, 5) is 54.4. The van der Waals surface area contributed by atoms with Crippen LogP contribution < -0.4 is 11.2 Å². The molecule has 3 N–H and O–H groups in total. The largest absolute Gasteiger partial charge is 0.382 e. The second-order valence-electron chi connectivity index (χ2n) is 8.57. The fourth-order valence-corrected chi connectivity index (χ4v) is 4.74. The number of aromatic nitrogens is 2. The number of hydrogen-bond donors (Lipinski definition) is 3. The van der Waals surface area contributed by atoms with Gasteiger partial charge in [0.25, 0.3) is 5.56 Å². The van der Waals surface area contributed by atoms with Crippen LogP contribution in [0.3, 0.4) is 0 Å². The molecular weight excluding hydrogens is 611 g/mol. The van der Waals surface area contributed by atoms with E-state index in [1.54, 1.807) is 59.0 Å². The van der Waals surface area contributed by atoms with Crippen molar-refractivity contribution in [3.8, 4) is 0 Å². The summed E-state index contributed by atoms with van der Waals surface area (Å²) < 4.78 is 17.8. The first-order valence-electron chi connectivity index (χ1n) is 11.6. The van der Waals surface area contributed by atoms with Crippen molar-refractivity contribution in [3.05, 3.63) is 102 Å². The number of ketones is 2. The summed E-state index contributed by atoms with van der Waals surface area (Å²) in [7, 11) is 1.42. The minimum atomic E-state index is -2.67. The lowest BCUT2D eigenvalue weighted by Crippen LogP contribution is -2.58. The maximum absolute atomic E-state index is 13.8. The van der Waals surface area contributed by atoms with Gasteiger partial charge in [-0.1, -0.05) is 60.7 Å². The SMILES string of the molecule is COCCO[C@H]1[C@H](n2cc(I)c(=O)[nH]c2=O)O[C@H](C(=O)C(O)c2ccccc2)[C@]1(O)C(=O)c1ccccc1. The predicted octanol–water partition coefficient (Wildman–Crippen LogP) is 0.987. The number of ether oxygens (including phenoxy) is 3. The topological polar surface area (TPSA) is 157 Å². The van der Waals surface area contributed by atoms with Crippen LogP contribution in [-0.4, -0.2) is 69.5 Å². The summed E-state index contributed by atoms with van der Waals surface area (Å²) in [5.41, 5.74) is -3.97. The molecule has 1 aromatic heterocycles. The Kier molecular flexibility index (Phi) is 8.70. The number of nitrogens with one attached hydrogen (secondary N) is 1. The number of hydrogen-bond acceptors (Lipinski definition) is 9. The molecule has 12 heteroatoms. The molecule has 38 heavy (non-hydrogen) atoms. The van der Waals surface area contributed by atoms with Crippen LogP contribution in [-0.2, 0) is 19.0 Å². The lowest BCUT2D eigenvalue weighted by molar-refractivity contribution is -0.148. The fraction of sp³-hybridized carbons (Fsp3) is 0.308. The van der Waals surface area contributed by atoms with Crippen molar-refractivity contribution in [3.63, 3.8) is 0 Å². The van der Waals surface area contributed by atoms with Crippen LogP contribution in [0.1, 0.15) is 28.3 Å². The van der Waals surface area contributed by atoms with Crippen LogP contribution in [0.2, 0.25) is 0 Å². The molecule has 1 aliphatic heterocycles. The zero-order valence-electron chi connectivity index (χ0n) is 20.2. The van der Waals surface area contributed by atoms with Gasteiger partial charge in [0.2, 0.25) is 0 Å². The Morgan fingerprint density at radius 1 is 1.11 bits per heavy atom. The number of methoxy groups -OCH3 is 1. The number of aliphatic hydroxyl groups excluding tert-OH is 1. The van der Waals surface area contributed by atoms with Crippen molar-refractivity contribution in [2.75, 3.05) is 20.3 Å². The van der Waals surface area contributed by atoms with Gasteiger partial charge in [-0.15, -0.1) is 0 Å². The fourth-order valence-electron chi connectivity index (χ4n) is 4.31. The number of Topliss-reactive ketones (excluding diaryl/α,β-unsaturated/α-hetero) is 2. The van der Waals surface area contributed by atoms with Gasteiger partial charge < -0.3 is 24.4 Å². The molecule has 0 spiro atoms. The predicted molar refractivity (Wildman–Crippen MR) is 142 cm³/mol. The highest BCUT2D eigenvalue weighted by molar-refractivity contribution is 14.1. The second kappa shape index (κ2) is 11.8. The first kappa shape index (κ1) is 28.0. The van der Waals surface area contributed by atoms with Gasteiger partial charge >= 0.3 is 5.69 Å². The smallest absolute Gasteiger partial charge is 0.330 e. The molecule has 1 unspecified atom stereocenters. The number of aromatic amines is 1. The van der Waals surface area contributed by atoms with Crippen molar-refractivity contribution in [2.45, 2.75) is 30.1 Å². The summed E-state index contributed by atoms with van der Waals surface area (Å²) in [5, 5.41) is 23.0. The molecule has 0 aliphatic carbocycles. The molecule has 200 valence electrons. The van der Waals surface area contributed by atoms with Crippen LogP contribution in [0.4, 0.5) is 0 Å². The van der Waals surface area contributed by atoms with Crippen molar-refractivity contribution in [2.24, 2.45) is 0 Å². The van der Waals surface area contributed by atoms with E-state index in [1.165, 1.54) is 37.6 Å². The number of halogens is 1. The highest BCUT2D eigenvalue weighted by Gasteiger charge is 2.65. The van der Waals surface area contributed by atoms with Gasteiger partial charge in [0.15, 0.2) is 29.5 Å². The first-order chi connectivity index (χ1) is 18.2. The van der Waals surface area contributed by atoms with E-state index in [1.807, 2.05) is 0 Å². The van der Waals surface area contributed by atoms with Crippen LogP contribution in [0.25, 0.3) is 0 Å². The van der Waals surface area contributed by atoms with Gasteiger partial charge in [-0.3, -0.25) is 23.9 Å². The van der Waals surface area contributed by atoms with E-state index in [0.29, 0.717) is 0 Å². The second-order valence-corrected chi connectivity index (χ2v) is 9.73. The van der Waals surface area contributed by atoms with E-state index >= 15 is 0 Å². The molecule has 0 saturated carbocycles. The molecule has 0 amide bonds. The van der Waals surface area contributed by atoms with Crippen molar-refractivity contribution in [1.82, 2.24) is 9.55 Å².